The molecular formula is C11H14NO2+. The third-order valence-electron chi connectivity index (χ3n) is 2.42. The van der Waals surface area contributed by atoms with E-state index in [0.29, 0.717) is 0 Å². The Balaban J connectivity index is 2.56. The number of hydrogen-bond acceptors (Lipinski definition) is 2. The van der Waals surface area contributed by atoms with Crippen LogP contribution in [-0.4, -0.2) is 11.7 Å². The number of benzene rings is 1. The number of aliphatic hydroxyl groups is 1. The van der Waals surface area contributed by atoms with Gasteiger partial charge in [0, 0.05) is 5.39 Å². The van der Waals surface area contributed by atoms with Gasteiger partial charge in [0.25, 0.3) is 0 Å². The first-order chi connectivity index (χ1) is 6.72. The Labute approximate surface area is 82.1 Å². The Bertz CT molecular complexity index is 447. The molecule has 0 saturated heterocycles. The minimum atomic E-state index is -0.179. The van der Waals surface area contributed by atoms with Gasteiger partial charge in [-0.1, -0.05) is 12.1 Å². The zero-order chi connectivity index (χ0) is 10.1. The number of rotatable bonds is 2. The van der Waals surface area contributed by atoms with Crippen LogP contribution in [0.2, 0.25) is 0 Å². The summed E-state index contributed by atoms with van der Waals surface area (Å²) in [5, 5.41) is 10.1. The molecule has 0 aliphatic heterocycles. The van der Waals surface area contributed by atoms with Crippen LogP contribution >= 0.6 is 0 Å². The van der Waals surface area contributed by atoms with Crippen molar-refractivity contribution in [1.29, 1.82) is 0 Å². The average Bonchev–Trinajstić information content (AvgIpc) is 2.62. The lowest BCUT2D eigenvalue weighted by Gasteiger charge is -1.97. The molecule has 74 valence electrons. The predicted octanol–water partition coefficient (Wildman–Crippen LogP) is 1.02. The smallest absolute Gasteiger partial charge is 0.166 e. The van der Waals surface area contributed by atoms with Crippen molar-refractivity contribution in [3.8, 4) is 0 Å². The maximum atomic E-state index is 8.96. The fraction of sp³-hybridized carbons (Fsp3) is 0.273. The molecule has 1 aromatic heterocycles. The summed E-state index contributed by atoms with van der Waals surface area (Å²) in [6.07, 6.45) is 0. The molecule has 0 bridgehead atoms. The molecule has 3 heteroatoms. The summed E-state index contributed by atoms with van der Waals surface area (Å²) in [5.41, 5.74) is 5.85. The summed E-state index contributed by atoms with van der Waals surface area (Å²) >= 11 is 0. The van der Waals surface area contributed by atoms with Crippen LogP contribution in [0.25, 0.3) is 11.0 Å². The van der Waals surface area contributed by atoms with E-state index < -0.39 is 0 Å². The molecular weight excluding hydrogens is 178 g/mol. The maximum Gasteiger partial charge on any atom is 0.166 e. The lowest BCUT2D eigenvalue weighted by molar-refractivity contribution is -0.435. The van der Waals surface area contributed by atoms with E-state index in [0.717, 1.165) is 16.7 Å². The van der Waals surface area contributed by atoms with Crippen LogP contribution in [0.15, 0.2) is 28.7 Å². The Hall–Kier alpha value is -1.32. The van der Waals surface area contributed by atoms with Gasteiger partial charge >= 0.3 is 0 Å². The fourth-order valence-electron chi connectivity index (χ4n) is 1.52. The van der Waals surface area contributed by atoms with Gasteiger partial charge in [0.2, 0.25) is 0 Å². The highest BCUT2D eigenvalue weighted by molar-refractivity contribution is 5.81. The highest BCUT2D eigenvalue weighted by Crippen LogP contribution is 2.24. The molecule has 0 radical (unpaired) electrons. The lowest BCUT2D eigenvalue weighted by Crippen LogP contribution is -2.55. The first kappa shape index (κ1) is 9.24. The Morgan fingerprint density at radius 1 is 1.50 bits per heavy atom. The van der Waals surface area contributed by atoms with Crippen LogP contribution in [0.1, 0.15) is 17.4 Å². The Morgan fingerprint density at radius 2 is 2.29 bits per heavy atom. The Morgan fingerprint density at radius 3 is 2.93 bits per heavy atom. The third-order valence-corrected chi connectivity index (χ3v) is 2.42. The molecule has 1 atom stereocenters. The highest BCUT2D eigenvalue weighted by atomic mass is 16.3. The molecule has 1 heterocycles. The second-order valence-electron chi connectivity index (χ2n) is 3.51. The molecule has 1 aromatic carbocycles. The summed E-state index contributed by atoms with van der Waals surface area (Å²) in [5.74, 6) is 0.747. The number of quaternary nitrogens is 1. The average molecular weight is 192 g/mol. The summed E-state index contributed by atoms with van der Waals surface area (Å²) in [6.45, 7) is 2.05. The van der Waals surface area contributed by atoms with E-state index in [1.807, 2.05) is 31.2 Å². The van der Waals surface area contributed by atoms with Crippen LogP contribution in [0, 0.1) is 6.92 Å². The Kier molecular flexibility index (Phi) is 2.27. The molecule has 0 amide bonds. The molecule has 2 rings (SSSR count). The van der Waals surface area contributed by atoms with Crippen molar-refractivity contribution in [2.45, 2.75) is 13.0 Å². The van der Waals surface area contributed by atoms with Gasteiger partial charge < -0.3 is 15.3 Å². The van der Waals surface area contributed by atoms with Gasteiger partial charge in [-0.3, -0.25) is 0 Å². The van der Waals surface area contributed by atoms with Crippen LogP contribution in [0.3, 0.4) is 0 Å². The van der Waals surface area contributed by atoms with Gasteiger partial charge in [-0.25, -0.2) is 0 Å². The largest absolute Gasteiger partial charge is 0.455 e. The van der Waals surface area contributed by atoms with E-state index >= 15 is 0 Å². The fourth-order valence-corrected chi connectivity index (χ4v) is 1.52. The zero-order valence-electron chi connectivity index (χ0n) is 8.16. The SMILES string of the molecule is Cc1cccc2oc([C@H]([NH3+])CO)cc12. The monoisotopic (exact) mass is 192 g/mol. The number of hydrogen-bond donors (Lipinski definition) is 2. The standard InChI is InChI=1S/C11H13NO2/c1-7-3-2-4-10-8(7)5-11(14-10)9(12)6-13/h2-5,9,13H,6,12H2,1H3/p+1/t9-/m1/s1. The van der Waals surface area contributed by atoms with E-state index in [1.54, 1.807) is 0 Å². The van der Waals surface area contributed by atoms with Crippen molar-refractivity contribution in [1.82, 2.24) is 0 Å². The number of fused-ring (bicyclic) bond motifs is 1. The van der Waals surface area contributed by atoms with E-state index in [2.05, 4.69) is 5.73 Å². The van der Waals surface area contributed by atoms with E-state index in [-0.39, 0.29) is 12.6 Å². The minimum Gasteiger partial charge on any atom is -0.455 e. The zero-order valence-corrected chi connectivity index (χ0v) is 8.16. The van der Waals surface area contributed by atoms with Crippen LogP contribution in [-0.2, 0) is 0 Å². The van der Waals surface area contributed by atoms with Crippen LogP contribution in [0.4, 0.5) is 0 Å². The molecule has 0 aliphatic rings. The van der Waals surface area contributed by atoms with Gasteiger partial charge in [0.15, 0.2) is 11.8 Å². The van der Waals surface area contributed by atoms with Gasteiger partial charge in [0.1, 0.15) is 12.2 Å². The van der Waals surface area contributed by atoms with Gasteiger partial charge in [0.05, 0.1) is 0 Å². The van der Waals surface area contributed by atoms with E-state index in [1.165, 1.54) is 5.56 Å². The van der Waals surface area contributed by atoms with Crippen molar-refractivity contribution in [3.63, 3.8) is 0 Å². The molecule has 3 nitrogen and oxygen atoms in total. The van der Waals surface area contributed by atoms with Crippen molar-refractivity contribution in [2.75, 3.05) is 6.61 Å². The first-order valence-corrected chi connectivity index (χ1v) is 4.65. The quantitative estimate of drug-likeness (QED) is 0.746. The molecule has 0 saturated carbocycles. The molecule has 2 aromatic rings. The minimum absolute atomic E-state index is 0.0128. The lowest BCUT2D eigenvalue weighted by atomic mass is 10.1. The summed E-state index contributed by atoms with van der Waals surface area (Å²) < 4.78 is 5.58. The van der Waals surface area contributed by atoms with Gasteiger partial charge in [-0.15, -0.1) is 0 Å². The number of aryl methyl sites for hydroxylation is 1. The van der Waals surface area contributed by atoms with Crippen LogP contribution < -0.4 is 5.73 Å². The van der Waals surface area contributed by atoms with E-state index in [4.69, 9.17) is 9.52 Å². The maximum absolute atomic E-state index is 8.96. The van der Waals surface area contributed by atoms with Crippen molar-refractivity contribution in [3.05, 3.63) is 35.6 Å². The molecule has 14 heavy (non-hydrogen) atoms. The predicted molar refractivity (Wildman–Crippen MR) is 53.7 cm³/mol. The van der Waals surface area contributed by atoms with Crippen molar-refractivity contribution >= 4 is 11.0 Å². The number of aliphatic hydroxyl groups excluding tert-OH is 1. The molecule has 4 N–H and O–H groups in total. The number of furan rings is 1. The third kappa shape index (κ3) is 1.41. The second-order valence-corrected chi connectivity index (χ2v) is 3.51. The summed E-state index contributed by atoms with van der Waals surface area (Å²) in [7, 11) is 0. The molecule has 0 aliphatic carbocycles. The van der Waals surface area contributed by atoms with Crippen molar-refractivity contribution in [2.24, 2.45) is 0 Å². The molecule has 0 unspecified atom stereocenters. The molecule has 0 spiro atoms. The van der Waals surface area contributed by atoms with Gasteiger partial charge in [-0.05, 0) is 24.6 Å². The second kappa shape index (κ2) is 3.44. The van der Waals surface area contributed by atoms with Crippen molar-refractivity contribution < 1.29 is 15.3 Å². The summed E-state index contributed by atoms with van der Waals surface area (Å²) in [4.78, 5) is 0. The van der Waals surface area contributed by atoms with Gasteiger partial charge in [-0.2, -0.15) is 0 Å². The summed E-state index contributed by atoms with van der Waals surface area (Å²) in [6, 6.07) is 7.71. The normalized spacial score (nSPS) is 13.4. The van der Waals surface area contributed by atoms with E-state index in [9.17, 15) is 0 Å². The van der Waals surface area contributed by atoms with Crippen LogP contribution in [0.5, 0.6) is 0 Å². The molecule has 0 fully saturated rings. The first-order valence-electron chi connectivity index (χ1n) is 4.65. The topological polar surface area (TPSA) is 61.0 Å². The highest BCUT2D eigenvalue weighted by Gasteiger charge is 2.14.